The third kappa shape index (κ3) is 6.63. The molecule has 11 nitrogen and oxygen atoms in total. The molecule has 1 N–H and O–H groups in total. The molecule has 5 atom stereocenters. The van der Waals surface area contributed by atoms with E-state index in [9.17, 15) is 22.8 Å². The quantitative estimate of drug-likeness (QED) is 0.359. The number of rotatable bonds is 11. The van der Waals surface area contributed by atoms with Gasteiger partial charge in [0.05, 0.1) is 25.0 Å². The second-order valence-corrected chi connectivity index (χ2v) is 16.9. The largest absolute Gasteiger partial charge is 0.472 e. The maximum atomic E-state index is 14.1. The lowest BCUT2D eigenvalue weighted by Crippen LogP contribution is -2.55. The van der Waals surface area contributed by atoms with E-state index < -0.39 is 56.1 Å². The predicted octanol–water partition coefficient (Wildman–Crippen LogP) is 3.31. The molecule has 2 saturated heterocycles. The standard InChI is InChI=1S/C35H46N4O7S/c1-6-23-19-35(23,30(40)21-47(43,44)25-10-11-25)37-31(41)29-18-24(20-39(29)33(42)22(2)34(3,4)5)46-32-27-8-7-9-28(26(27)12-13-36-32)38-14-16-45-17-15-38/h6-9,12-13,22-25,29H,1,10-11,14-21H2,2-5H3,(H,37,41)/t22-,23-,24-,29+,35-/m1/s1. The first-order valence-corrected chi connectivity index (χ1v) is 18.3. The molecule has 0 spiro atoms. The third-order valence-electron chi connectivity index (χ3n) is 10.4. The van der Waals surface area contributed by atoms with Gasteiger partial charge in [0.15, 0.2) is 15.6 Å². The minimum absolute atomic E-state index is 0.167. The van der Waals surface area contributed by atoms with Crippen LogP contribution in [0.5, 0.6) is 5.88 Å². The Labute approximate surface area is 277 Å². The van der Waals surface area contributed by atoms with E-state index in [1.807, 2.05) is 45.9 Å². The molecule has 2 aliphatic carbocycles. The van der Waals surface area contributed by atoms with Crippen LogP contribution in [0.25, 0.3) is 10.8 Å². The molecule has 2 saturated carbocycles. The third-order valence-corrected chi connectivity index (χ3v) is 12.6. The number of pyridine rings is 1. The summed E-state index contributed by atoms with van der Waals surface area (Å²) in [6.45, 7) is 14.6. The Morgan fingerprint density at radius 2 is 1.89 bits per heavy atom. The molecule has 12 heteroatoms. The number of anilines is 1. The average molecular weight is 667 g/mol. The topological polar surface area (TPSA) is 135 Å². The molecular weight excluding hydrogens is 620 g/mol. The van der Waals surface area contributed by atoms with Crippen LogP contribution in [-0.2, 0) is 29.0 Å². The van der Waals surface area contributed by atoms with Crippen molar-refractivity contribution in [1.82, 2.24) is 15.2 Å². The van der Waals surface area contributed by atoms with Crippen LogP contribution in [0.3, 0.4) is 0 Å². The molecule has 4 fully saturated rings. The first-order valence-electron chi connectivity index (χ1n) is 16.6. The van der Waals surface area contributed by atoms with Crippen LogP contribution < -0.4 is 15.0 Å². The maximum absolute atomic E-state index is 14.1. The maximum Gasteiger partial charge on any atom is 0.243 e. The van der Waals surface area contributed by atoms with E-state index in [0.29, 0.717) is 31.9 Å². The number of fused-ring (bicyclic) bond motifs is 1. The van der Waals surface area contributed by atoms with Crippen LogP contribution in [0.4, 0.5) is 5.69 Å². The fourth-order valence-electron chi connectivity index (χ4n) is 6.76. The molecule has 0 bridgehead atoms. The first kappa shape index (κ1) is 33.4. The monoisotopic (exact) mass is 666 g/mol. The Hall–Kier alpha value is -3.51. The first-order chi connectivity index (χ1) is 22.2. The fraction of sp³-hybridized carbons (Fsp3) is 0.600. The van der Waals surface area contributed by atoms with Crippen molar-refractivity contribution in [2.24, 2.45) is 17.3 Å². The summed E-state index contributed by atoms with van der Waals surface area (Å²) < 4.78 is 37.4. The van der Waals surface area contributed by atoms with Crippen LogP contribution in [0.2, 0.25) is 0 Å². The Morgan fingerprint density at radius 1 is 1.17 bits per heavy atom. The zero-order valence-electron chi connectivity index (χ0n) is 27.7. The molecule has 2 aliphatic heterocycles. The van der Waals surface area contributed by atoms with E-state index in [2.05, 4.69) is 27.8 Å². The SMILES string of the molecule is C=C[C@@H]1C[C@]1(NC(=O)[C@@H]1C[C@@H](Oc2nccc3c(N4CCOCC4)cccc23)CN1C(=O)[C@@H](C)C(C)(C)C)C(=O)CS(=O)(=O)C1CC1. The van der Waals surface area contributed by atoms with E-state index in [1.165, 1.54) is 0 Å². The lowest BCUT2D eigenvalue weighted by atomic mass is 9.81. The fourth-order valence-corrected chi connectivity index (χ4v) is 8.47. The van der Waals surface area contributed by atoms with E-state index in [1.54, 1.807) is 17.2 Å². The lowest BCUT2D eigenvalue weighted by Gasteiger charge is -2.33. The van der Waals surface area contributed by atoms with Gasteiger partial charge in [-0.25, -0.2) is 13.4 Å². The predicted molar refractivity (Wildman–Crippen MR) is 179 cm³/mol. The number of aromatic nitrogens is 1. The number of carbonyl (C=O) groups is 3. The number of morpholine rings is 1. The van der Waals surface area contributed by atoms with E-state index in [4.69, 9.17) is 9.47 Å². The van der Waals surface area contributed by atoms with Crippen molar-refractivity contribution in [3.05, 3.63) is 43.1 Å². The Morgan fingerprint density at radius 3 is 2.53 bits per heavy atom. The van der Waals surface area contributed by atoms with E-state index in [-0.39, 0.29) is 36.6 Å². The minimum Gasteiger partial charge on any atom is -0.472 e. The molecule has 2 aromatic rings. The number of nitrogens with zero attached hydrogens (tertiary/aromatic N) is 3. The van der Waals surface area contributed by atoms with Crippen molar-refractivity contribution in [2.75, 3.05) is 43.5 Å². The number of nitrogens with one attached hydrogen (secondary N) is 1. The van der Waals surface area contributed by atoms with Crippen LogP contribution in [0.1, 0.15) is 53.4 Å². The van der Waals surface area contributed by atoms with Gasteiger partial charge in [-0.05, 0) is 42.9 Å². The second kappa shape index (κ2) is 12.5. The molecule has 0 unspecified atom stereocenters. The molecule has 6 rings (SSSR count). The van der Waals surface area contributed by atoms with Crippen molar-refractivity contribution >= 4 is 43.9 Å². The van der Waals surface area contributed by atoms with Gasteiger partial charge in [-0.2, -0.15) is 0 Å². The number of amides is 2. The van der Waals surface area contributed by atoms with Crippen molar-refractivity contribution in [3.63, 3.8) is 0 Å². The highest BCUT2D eigenvalue weighted by Crippen LogP contribution is 2.46. The van der Waals surface area contributed by atoms with Crippen LogP contribution in [0, 0.1) is 17.3 Å². The average Bonchev–Trinajstić information content (AvgIpc) is 3.97. The molecule has 4 aliphatic rings. The number of ketones is 1. The van der Waals surface area contributed by atoms with Gasteiger partial charge < -0.3 is 24.6 Å². The molecule has 47 heavy (non-hydrogen) atoms. The highest BCUT2D eigenvalue weighted by atomic mass is 32.2. The van der Waals surface area contributed by atoms with Gasteiger partial charge in [-0.15, -0.1) is 6.58 Å². The zero-order valence-corrected chi connectivity index (χ0v) is 28.6. The summed E-state index contributed by atoms with van der Waals surface area (Å²) in [4.78, 5) is 49.9. The summed E-state index contributed by atoms with van der Waals surface area (Å²) in [5.41, 5.74) is -0.627. The number of carbonyl (C=O) groups excluding carboxylic acids is 3. The van der Waals surface area contributed by atoms with E-state index in [0.717, 1.165) is 29.5 Å². The second-order valence-electron chi connectivity index (χ2n) is 14.6. The van der Waals surface area contributed by atoms with Crippen LogP contribution >= 0.6 is 0 Å². The number of hydrogen-bond acceptors (Lipinski definition) is 9. The summed E-state index contributed by atoms with van der Waals surface area (Å²) in [6, 6.07) is 7.05. The highest BCUT2D eigenvalue weighted by Gasteiger charge is 2.61. The molecule has 2 amide bonds. The van der Waals surface area contributed by atoms with E-state index >= 15 is 0 Å². The number of Topliss-reactive ketones (excluding diaryl/α,β-unsaturated/α-hetero) is 1. The van der Waals surface area contributed by atoms with Crippen LogP contribution in [-0.4, -0.2) is 97.4 Å². The Kier molecular flexibility index (Phi) is 8.88. The Balaban J connectivity index is 1.25. The van der Waals surface area contributed by atoms with Gasteiger partial charge in [0.25, 0.3) is 0 Å². The molecule has 1 aromatic heterocycles. The van der Waals surface area contributed by atoms with Gasteiger partial charge in [0.2, 0.25) is 17.7 Å². The highest BCUT2D eigenvalue weighted by molar-refractivity contribution is 7.93. The molecule has 1 aromatic carbocycles. The van der Waals surface area contributed by atoms with Crippen LogP contribution in [0.15, 0.2) is 43.1 Å². The smallest absolute Gasteiger partial charge is 0.243 e. The van der Waals surface area contributed by atoms with Crippen molar-refractivity contribution in [3.8, 4) is 5.88 Å². The Bertz CT molecular complexity index is 1680. The summed E-state index contributed by atoms with van der Waals surface area (Å²) in [5, 5.41) is 4.25. The summed E-state index contributed by atoms with van der Waals surface area (Å²) in [6.07, 6.45) is 4.36. The summed E-state index contributed by atoms with van der Waals surface area (Å²) >= 11 is 0. The number of benzene rings is 1. The molecule has 254 valence electrons. The van der Waals surface area contributed by atoms with Crippen molar-refractivity contribution in [1.29, 1.82) is 0 Å². The van der Waals surface area contributed by atoms with Crippen molar-refractivity contribution < 1.29 is 32.3 Å². The number of sulfone groups is 1. The molecule has 3 heterocycles. The summed E-state index contributed by atoms with van der Waals surface area (Å²) in [5.74, 6) is -2.16. The summed E-state index contributed by atoms with van der Waals surface area (Å²) in [7, 11) is -3.58. The van der Waals surface area contributed by atoms with Crippen molar-refractivity contribution in [2.45, 2.75) is 76.3 Å². The zero-order chi connectivity index (χ0) is 33.7. The van der Waals surface area contributed by atoms with Gasteiger partial charge >= 0.3 is 0 Å². The molecule has 0 radical (unpaired) electrons. The van der Waals surface area contributed by atoms with Gasteiger partial charge in [0.1, 0.15) is 23.4 Å². The normalized spacial score (nSPS) is 26.9. The number of hydrogen-bond donors (Lipinski definition) is 1. The van der Waals surface area contributed by atoms with Gasteiger partial charge in [0, 0.05) is 54.0 Å². The minimum atomic E-state index is -3.58. The molecular formula is C35H46N4O7S. The number of likely N-dealkylation sites (tertiary alicyclic amines) is 1. The van der Waals surface area contributed by atoms with Gasteiger partial charge in [-0.3, -0.25) is 14.4 Å². The number of ether oxygens (including phenoxy) is 2. The van der Waals surface area contributed by atoms with Gasteiger partial charge in [-0.1, -0.05) is 39.8 Å². The lowest BCUT2D eigenvalue weighted by molar-refractivity contribution is -0.144.